The van der Waals surface area contributed by atoms with Crippen LogP contribution in [0, 0.1) is 0 Å². The fourth-order valence-electron chi connectivity index (χ4n) is 0.968. The molecule has 11 heavy (non-hydrogen) atoms. The lowest BCUT2D eigenvalue weighted by atomic mass is 10.4. The maximum atomic E-state index is 5.48. The highest BCUT2D eigenvalue weighted by Gasteiger charge is 2.10. The van der Waals surface area contributed by atoms with Crippen molar-refractivity contribution >= 4 is 24.7 Å². The Hall–Kier alpha value is -0.320. The summed E-state index contributed by atoms with van der Waals surface area (Å²) in [4.78, 5) is 0. The second kappa shape index (κ2) is 3.38. The highest BCUT2D eigenvalue weighted by atomic mass is 127. The third kappa shape index (κ3) is 1.64. The van der Waals surface area contributed by atoms with Gasteiger partial charge in [-0.05, 0) is 10.2 Å². The summed E-state index contributed by atoms with van der Waals surface area (Å²) < 4.78 is 15.3. The molecule has 0 aliphatic carbocycles. The molecule has 0 fully saturated rings. The number of hydrogen-bond acceptors (Lipinski definition) is 2. The van der Waals surface area contributed by atoms with Gasteiger partial charge in [0, 0.05) is 10.4 Å². The first-order valence-electron chi connectivity index (χ1n) is 3.58. The Bertz CT molecular complexity index is 216. The standard InChI is InChI=1S/C8H9IO2/c1-4-10-7-2-3-9-6-8(7)11-5-1/h2-3,6H,1,4-5H2. The molecule has 0 unspecified atom stereocenters. The van der Waals surface area contributed by atoms with E-state index >= 15 is 0 Å². The third-order valence-corrected chi connectivity index (χ3v) is 3.20. The molecule has 2 nitrogen and oxygen atoms in total. The lowest BCUT2D eigenvalue weighted by Gasteiger charge is -2.07. The normalized spacial score (nSPS) is 22.5. The van der Waals surface area contributed by atoms with Crippen molar-refractivity contribution in [1.29, 1.82) is 0 Å². The van der Waals surface area contributed by atoms with Gasteiger partial charge in [0.15, 0.2) is 11.5 Å². The van der Waals surface area contributed by atoms with E-state index in [1.807, 2.05) is 6.08 Å². The zero-order valence-corrected chi connectivity index (χ0v) is 8.21. The van der Waals surface area contributed by atoms with Crippen molar-refractivity contribution in [1.82, 2.24) is 0 Å². The third-order valence-electron chi connectivity index (χ3n) is 1.50. The number of halogens is 1. The Labute approximate surface area is 75.6 Å². The average Bonchev–Trinajstić information content (AvgIpc) is 2.28. The molecule has 0 aromatic carbocycles. The fourth-order valence-corrected chi connectivity index (χ4v) is 2.52. The van der Waals surface area contributed by atoms with Crippen LogP contribution in [0.4, 0.5) is 0 Å². The van der Waals surface area contributed by atoms with Crippen LogP contribution in [0.3, 0.4) is 0 Å². The second-order valence-electron chi connectivity index (χ2n) is 2.31. The molecule has 2 aliphatic heterocycles. The predicted molar refractivity (Wildman–Crippen MR) is 52.8 cm³/mol. The maximum absolute atomic E-state index is 5.48. The molecule has 0 radical (unpaired) electrons. The zero-order chi connectivity index (χ0) is 7.52. The Kier molecular flexibility index (Phi) is 2.26. The molecule has 0 atom stereocenters. The molecule has 0 aromatic rings. The van der Waals surface area contributed by atoms with E-state index in [0.29, 0.717) is 0 Å². The van der Waals surface area contributed by atoms with Crippen LogP contribution in [0.25, 0.3) is 0 Å². The number of ether oxygens (including phenoxy) is 2. The van der Waals surface area contributed by atoms with Gasteiger partial charge in [-0.3, -0.25) is 0 Å². The molecule has 0 spiro atoms. The summed E-state index contributed by atoms with van der Waals surface area (Å²) in [6.07, 6.45) is 3.03. The molecule has 2 aliphatic rings. The van der Waals surface area contributed by atoms with Gasteiger partial charge in [-0.25, -0.2) is 0 Å². The van der Waals surface area contributed by atoms with E-state index in [2.05, 4.69) is 8.09 Å². The lowest BCUT2D eigenvalue weighted by molar-refractivity contribution is 0.216. The molecule has 0 saturated carbocycles. The molecule has 0 amide bonds. The van der Waals surface area contributed by atoms with Gasteiger partial charge in [0.05, 0.1) is 13.2 Å². The van der Waals surface area contributed by atoms with Gasteiger partial charge in [0.25, 0.3) is 0 Å². The van der Waals surface area contributed by atoms with Gasteiger partial charge in [-0.15, -0.1) is 0 Å². The summed E-state index contributed by atoms with van der Waals surface area (Å²) in [6.45, 7) is 1.59. The van der Waals surface area contributed by atoms with Crippen molar-refractivity contribution in [2.24, 2.45) is 0 Å². The molecule has 0 aromatic heterocycles. The summed E-state index contributed by atoms with van der Waals surface area (Å²) in [7, 11) is 0. The molecule has 0 bridgehead atoms. The summed E-state index contributed by atoms with van der Waals surface area (Å²) in [5, 5.41) is 0. The van der Waals surface area contributed by atoms with Gasteiger partial charge in [-0.2, -0.15) is 0 Å². The second-order valence-corrected chi connectivity index (χ2v) is 4.37. The van der Waals surface area contributed by atoms with Gasteiger partial charge in [0.1, 0.15) is 0 Å². The summed E-state index contributed by atoms with van der Waals surface area (Å²) in [6, 6.07) is 0. The van der Waals surface area contributed by atoms with Crippen LogP contribution in [0.2, 0.25) is 0 Å². The van der Waals surface area contributed by atoms with Gasteiger partial charge in [0.2, 0.25) is 0 Å². The van der Waals surface area contributed by atoms with Crippen LogP contribution < -0.4 is 0 Å². The van der Waals surface area contributed by atoms with E-state index in [4.69, 9.17) is 9.47 Å². The van der Waals surface area contributed by atoms with E-state index in [1.165, 1.54) is 0 Å². The van der Waals surface area contributed by atoms with Crippen molar-refractivity contribution in [3.05, 3.63) is 21.7 Å². The average molecular weight is 264 g/mol. The Morgan fingerprint density at radius 1 is 1.18 bits per heavy atom. The van der Waals surface area contributed by atoms with Crippen molar-refractivity contribution in [3.63, 3.8) is 0 Å². The molecule has 3 heteroatoms. The van der Waals surface area contributed by atoms with Crippen molar-refractivity contribution < 1.29 is 9.47 Å². The van der Waals surface area contributed by atoms with E-state index in [-0.39, 0.29) is 20.7 Å². The summed E-state index contributed by atoms with van der Waals surface area (Å²) >= 11 is 0.0881. The van der Waals surface area contributed by atoms with Crippen LogP contribution in [0.5, 0.6) is 0 Å². The fraction of sp³-hybridized carbons (Fsp3) is 0.375. The van der Waals surface area contributed by atoms with Crippen LogP contribution >= 0.6 is 20.7 Å². The van der Waals surface area contributed by atoms with Crippen molar-refractivity contribution in [3.8, 4) is 0 Å². The predicted octanol–water partition coefficient (Wildman–Crippen LogP) is 1.94. The first kappa shape index (κ1) is 7.34. The van der Waals surface area contributed by atoms with Crippen LogP contribution in [-0.4, -0.2) is 17.2 Å². The SMILES string of the molecule is C1=CC2=C(C=I1)OCCCO2. The van der Waals surface area contributed by atoms with E-state index in [9.17, 15) is 0 Å². The van der Waals surface area contributed by atoms with Crippen molar-refractivity contribution in [2.75, 3.05) is 13.2 Å². The zero-order valence-electron chi connectivity index (χ0n) is 6.05. The smallest absolute Gasteiger partial charge is 0.166 e. The largest absolute Gasteiger partial charge is 0.490 e. The quantitative estimate of drug-likeness (QED) is 0.622. The minimum absolute atomic E-state index is 0.0881. The lowest BCUT2D eigenvalue weighted by Crippen LogP contribution is -1.96. The minimum atomic E-state index is 0.0881. The number of hydrogen-bond donors (Lipinski definition) is 0. The van der Waals surface area contributed by atoms with Crippen LogP contribution in [-0.2, 0) is 9.47 Å². The molecular weight excluding hydrogens is 255 g/mol. The van der Waals surface area contributed by atoms with E-state index in [0.717, 1.165) is 31.2 Å². The highest BCUT2D eigenvalue weighted by molar-refractivity contribution is 14.2. The van der Waals surface area contributed by atoms with Gasteiger partial charge >= 0.3 is 0 Å². The number of rotatable bonds is 0. The molecule has 0 saturated heterocycles. The molecule has 0 N–H and O–H groups in total. The summed E-state index contributed by atoms with van der Waals surface area (Å²) in [5.74, 6) is 1.89. The first-order chi connectivity index (χ1) is 5.47. The Morgan fingerprint density at radius 3 is 2.91 bits per heavy atom. The molecule has 60 valence electrons. The van der Waals surface area contributed by atoms with E-state index < -0.39 is 0 Å². The molecule has 2 rings (SSSR count). The first-order valence-corrected chi connectivity index (χ1v) is 6.07. The monoisotopic (exact) mass is 264 g/mol. The van der Waals surface area contributed by atoms with Gasteiger partial charge in [-0.1, -0.05) is 20.7 Å². The Balaban J connectivity index is 2.26. The van der Waals surface area contributed by atoms with E-state index in [1.54, 1.807) is 0 Å². The van der Waals surface area contributed by atoms with Gasteiger partial charge < -0.3 is 9.47 Å². The minimum Gasteiger partial charge on any atom is -0.490 e. The maximum Gasteiger partial charge on any atom is 0.166 e. The Morgan fingerprint density at radius 2 is 2.00 bits per heavy atom. The topological polar surface area (TPSA) is 18.5 Å². The van der Waals surface area contributed by atoms with Crippen LogP contribution in [0.1, 0.15) is 6.42 Å². The summed E-state index contributed by atoms with van der Waals surface area (Å²) in [5.41, 5.74) is 0. The molecular formula is C8H9IO2. The van der Waals surface area contributed by atoms with Crippen LogP contribution in [0.15, 0.2) is 21.7 Å². The molecule has 2 heterocycles. The van der Waals surface area contributed by atoms with Crippen molar-refractivity contribution in [2.45, 2.75) is 6.42 Å². The number of allylic oxidation sites excluding steroid dienone is 2. The highest BCUT2D eigenvalue weighted by Crippen LogP contribution is 2.20.